The largest absolute Gasteiger partial charge is 0.497 e. The van der Waals surface area contributed by atoms with Gasteiger partial charge in [-0.2, -0.15) is 0 Å². The summed E-state index contributed by atoms with van der Waals surface area (Å²) < 4.78 is 10.9. The lowest BCUT2D eigenvalue weighted by atomic mass is 9.85. The highest BCUT2D eigenvalue weighted by atomic mass is 16.5. The van der Waals surface area contributed by atoms with Gasteiger partial charge in [-0.05, 0) is 48.4 Å². The number of aromatic nitrogens is 2. The molecule has 0 unspecified atom stereocenters. The molecule has 0 saturated carbocycles. The molecule has 1 fully saturated rings. The third kappa shape index (κ3) is 4.33. The van der Waals surface area contributed by atoms with Gasteiger partial charge in [-0.1, -0.05) is 24.8 Å². The standard InChI is InChI=1S/C27H24N4O5/c1-3-4-23-29-30-24(36-23)18-7-5-17(6-8-18)11-12-27(14-22(32)28-26(27)34)16-31-15-19-9-10-20(35-2)13-21(19)25(31)33/h5-10,13H,3-4,14-16H2,1-2H3,(H,28,32,34)/t27-/m1/s1. The molecule has 0 aliphatic carbocycles. The first-order chi connectivity index (χ1) is 17.4. The molecule has 1 saturated heterocycles. The number of rotatable bonds is 6. The van der Waals surface area contributed by atoms with Crippen LogP contribution in [0.1, 0.15) is 47.1 Å². The summed E-state index contributed by atoms with van der Waals surface area (Å²) in [5, 5.41) is 10.5. The average molecular weight is 485 g/mol. The molecule has 1 N–H and O–H groups in total. The second-order valence-corrected chi connectivity index (χ2v) is 8.90. The molecule has 0 bridgehead atoms. The van der Waals surface area contributed by atoms with Crippen molar-refractivity contribution in [2.45, 2.75) is 32.7 Å². The van der Waals surface area contributed by atoms with Crippen molar-refractivity contribution in [1.82, 2.24) is 20.4 Å². The average Bonchev–Trinajstić information content (AvgIpc) is 3.55. The number of carbonyl (C=O) groups is 3. The first kappa shape index (κ1) is 23.3. The van der Waals surface area contributed by atoms with Gasteiger partial charge >= 0.3 is 0 Å². The predicted octanol–water partition coefficient (Wildman–Crippen LogP) is 2.74. The molecule has 2 aliphatic rings. The summed E-state index contributed by atoms with van der Waals surface area (Å²) in [5.74, 6) is 6.52. The Hall–Kier alpha value is -4.45. The Morgan fingerprint density at radius 2 is 1.94 bits per heavy atom. The van der Waals surface area contributed by atoms with Crippen molar-refractivity contribution in [3.8, 4) is 29.0 Å². The third-order valence-electron chi connectivity index (χ3n) is 6.32. The van der Waals surface area contributed by atoms with Gasteiger partial charge in [-0.25, -0.2) is 0 Å². The minimum atomic E-state index is -1.33. The normalized spacial score (nSPS) is 18.6. The van der Waals surface area contributed by atoms with Gasteiger partial charge in [0.05, 0.1) is 13.5 Å². The molecule has 5 rings (SSSR count). The molecule has 3 amide bonds. The number of aryl methyl sites for hydroxylation is 1. The molecule has 36 heavy (non-hydrogen) atoms. The van der Waals surface area contributed by atoms with Gasteiger partial charge in [-0.3, -0.25) is 19.7 Å². The van der Waals surface area contributed by atoms with Gasteiger partial charge < -0.3 is 14.1 Å². The van der Waals surface area contributed by atoms with Crippen LogP contribution >= 0.6 is 0 Å². The quantitative estimate of drug-likeness (QED) is 0.423. The van der Waals surface area contributed by atoms with E-state index >= 15 is 0 Å². The van der Waals surface area contributed by atoms with Crippen molar-refractivity contribution in [2.75, 3.05) is 13.7 Å². The molecular formula is C27H24N4O5. The Labute approximate surface area is 207 Å². The Balaban J connectivity index is 1.38. The maximum Gasteiger partial charge on any atom is 0.254 e. The predicted molar refractivity (Wildman–Crippen MR) is 129 cm³/mol. The molecular weight excluding hydrogens is 460 g/mol. The highest BCUT2D eigenvalue weighted by molar-refractivity contribution is 6.08. The van der Waals surface area contributed by atoms with Crippen molar-refractivity contribution in [1.29, 1.82) is 0 Å². The number of nitrogens with zero attached hydrogens (tertiary/aromatic N) is 3. The van der Waals surface area contributed by atoms with E-state index in [1.807, 2.05) is 25.1 Å². The van der Waals surface area contributed by atoms with E-state index in [9.17, 15) is 14.4 Å². The highest BCUT2D eigenvalue weighted by Crippen LogP contribution is 2.33. The van der Waals surface area contributed by atoms with Gasteiger partial charge in [0.15, 0.2) is 0 Å². The second-order valence-electron chi connectivity index (χ2n) is 8.90. The van der Waals surface area contributed by atoms with E-state index in [-0.39, 0.29) is 18.9 Å². The Morgan fingerprint density at radius 1 is 1.14 bits per heavy atom. The zero-order chi connectivity index (χ0) is 25.3. The molecule has 3 heterocycles. The minimum Gasteiger partial charge on any atom is -0.497 e. The van der Waals surface area contributed by atoms with E-state index in [2.05, 4.69) is 27.4 Å². The van der Waals surface area contributed by atoms with E-state index < -0.39 is 17.2 Å². The van der Waals surface area contributed by atoms with Crippen LogP contribution in [0.3, 0.4) is 0 Å². The summed E-state index contributed by atoms with van der Waals surface area (Å²) in [5.41, 5.74) is 1.45. The minimum absolute atomic E-state index is 0.00761. The molecule has 182 valence electrons. The van der Waals surface area contributed by atoms with E-state index in [0.29, 0.717) is 35.2 Å². The lowest BCUT2D eigenvalue weighted by Gasteiger charge is -2.25. The van der Waals surface area contributed by atoms with Crippen LogP contribution < -0.4 is 10.1 Å². The third-order valence-corrected chi connectivity index (χ3v) is 6.32. The van der Waals surface area contributed by atoms with Crippen LogP contribution in [0, 0.1) is 17.3 Å². The summed E-state index contributed by atoms with van der Waals surface area (Å²) in [4.78, 5) is 39.6. The van der Waals surface area contributed by atoms with Gasteiger partial charge in [0.25, 0.3) is 5.91 Å². The maximum atomic E-state index is 13.1. The fourth-order valence-corrected chi connectivity index (χ4v) is 4.41. The molecule has 2 aliphatic heterocycles. The Morgan fingerprint density at radius 3 is 2.64 bits per heavy atom. The fraction of sp³-hybridized carbons (Fsp3) is 0.296. The van der Waals surface area contributed by atoms with E-state index in [1.165, 1.54) is 7.11 Å². The number of fused-ring (bicyclic) bond motifs is 1. The van der Waals surface area contributed by atoms with Crippen molar-refractivity contribution in [3.63, 3.8) is 0 Å². The van der Waals surface area contributed by atoms with Crippen molar-refractivity contribution in [2.24, 2.45) is 5.41 Å². The summed E-state index contributed by atoms with van der Waals surface area (Å²) >= 11 is 0. The van der Waals surface area contributed by atoms with Crippen LogP contribution in [0.5, 0.6) is 5.75 Å². The lowest BCUT2D eigenvalue weighted by Crippen LogP contribution is -2.42. The highest BCUT2D eigenvalue weighted by Gasteiger charge is 2.48. The van der Waals surface area contributed by atoms with E-state index in [0.717, 1.165) is 24.0 Å². The summed E-state index contributed by atoms with van der Waals surface area (Å²) in [7, 11) is 1.54. The monoisotopic (exact) mass is 484 g/mol. The van der Waals surface area contributed by atoms with Crippen LogP contribution in [0.4, 0.5) is 0 Å². The Kier molecular flexibility index (Phi) is 6.02. The summed E-state index contributed by atoms with van der Waals surface area (Å²) in [6, 6.07) is 12.5. The maximum absolute atomic E-state index is 13.1. The number of imide groups is 1. The molecule has 1 aromatic heterocycles. The van der Waals surface area contributed by atoms with Gasteiger partial charge in [0.2, 0.25) is 23.6 Å². The number of benzene rings is 2. The number of nitrogens with one attached hydrogen (secondary N) is 1. The van der Waals surface area contributed by atoms with Crippen LogP contribution in [0.15, 0.2) is 46.9 Å². The first-order valence-corrected chi connectivity index (χ1v) is 11.7. The van der Waals surface area contributed by atoms with Crippen molar-refractivity contribution in [3.05, 3.63) is 65.0 Å². The van der Waals surface area contributed by atoms with Crippen molar-refractivity contribution >= 4 is 17.7 Å². The lowest BCUT2D eigenvalue weighted by molar-refractivity contribution is -0.127. The smallest absolute Gasteiger partial charge is 0.254 e. The fourth-order valence-electron chi connectivity index (χ4n) is 4.41. The first-order valence-electron chi connectivity index (χ1n) is 11.7. The molecule has 9 nitrogen and oxygen atoms in total. The zero-order valence-electron chi connectivity index (χ0n) is 20.0. The van der Waals surface area contributed by atoms with Crippen LogP contribution in [0.25, 0.3) is 11.5 Å². The number of hydrogen-bond donors (Lipinski definition) is 1. The van der Waals surface area contributed by atoms with Gasteiger partial charge in [-0.15, -0.1) is 10.2 Å². The number of methoxy groups -OCH3 is 1. The van der Waals surface area contributed by atoms with E-state index in [4.69, 9.17) is 9.15 Å². The van der Waals surface area contributed by atoms with E-state index in [1.54, 1.807) is 29.2 Å². The SMILES string of the molecule is CCCc1nnc(-c2ccc(C#C[C@]3(CN4Cc5ccc(OC)cc5C4=O)CC(=O)NC3=O)cc2)o1. The van der Waals surface area contributed by atoms with Gasteiger partial charge in [0.1, 0.15) is 11.2 Å². The van der Waals surface area contributed by atoms with Gasteiger partial charge in [0, 0.05) is 36.2 Å². The number of hydrogen-bond acceptors (Lipinski definition) is 7. The topological polar surface area (TPSA) is 115 Å². The molecule has 9 heteroatoms. The molecule has 1 atom stereocenters. The van der Waals surface area contributed by atoms with Crippen molar-refractivity contribution < 1.29 is 23.5 Å². The molecule has 0 spiro atoms. The van der Waals surface area contributed by atoms with Crippen LogP contribution in [-0.4, -0.2) is 46.5 Å². The number of carbonyl (C=O) groups excluding carboxylic acids is 3. The zero-order valence-corrected chi connectivity index (χ0v) is 20.0. The molecule has 2 aromatic carbocycles. The summed E-state index contributed by atoms with van der Waals surface area (Å²) in [6.45, 7) is 2.38. The summed E-state index contributed by atoms with van der Waals surface area (Å²) in [6.07, 6.45) is 1.53. The van der Waals surface area contributed by atoms with Crippen LogP contribution in [-0.2, 0) is 22.6 Å². The number of amides is 3. The van der Waals surface area contributed by atoms with Crippen LogP contribution in [0.2, 0.25) is 0 Å². The molecule has 0 radical (unpaired) electrons. The second kappa shape index (κ2) is 9.30. The number of ether oxygens (including phenoxy) is 1. The Bertz CT molecular complexity index is 1420. The molecule has 3 aromatic rings.